The van der Waals surface area contributed by atoms with E-state index < -0.39 is 18.0 Å². The molecule has 1 saturated carbocycles. The Hall–Kier alpha value is -3.52. The van der Waals surface area contributed by atoms with Crippen LogP contribution in [0.2, 0.25) is 0 Å². The Morgan fingerprint density at radius 2 is 2.06 bits per heavy atom. The van der Waals surface area contributed by atoms with Crippen LogP contribution in [0.15, 0.2) is 60.7 Å². The van der Waals surface area contributed by atoms with Crippen molar-refractivity contribution in [3.05, 3.63) is 66.4 Å². The van der Waals surface area contributed by atoms with Crippen molar-refractivity contribution in [2.45, 2.75) is 38.8 Å². The minimum Gasteiger partial charge on any atom is -0.320 e. The zero-order chi connectivity index (χ0) is 24.7. The van der Waals surface area contributed by atoms with Crippen LogP contribution in [0.25, 0.3) is 10.9 Å². The number of carbonyl (C=O) groups excluding carboxylic acids is 3. The Kier molecular flexibility index (Phi) is 8.54. The zero-order valence-corrected chi connectivity index (χ0v) is 20.0. The summed E-state index contributed by atoms with van der Waals surface area (Å²) >= 11 is 0. The first kappa shape index (κ1) is 25.1. The molecule has 1 aromatic carbocycles. The fourth-order valence-corrected chi connectivity index (χ4v) is 4.06. The number of aromatic amines is 1. The van der Waals surface area contributed by atoms with Crippen molar-refractivity contribution in [2.75, 3.05) is 20.1 Å². The van der Waals surface area contributed by atoms with Crippen LogP contribution in [-0.4, -0.2) is 64.4 Å². The number of fused-ring (bicyclic) bond motifs is 1. The topological polar surface area (TPSA) is 98.4 Å². The molecule has 1 aliphatic carbocycles. The maximum atomic E-state index is 12.1. The lowest BCUT2D eigenvalue weighted by Gasteiger charge is -2.24. The Morgan fingerprint density at radius 3 is 2.71 bits per heavy atom. The van der Waals surface area contributed by atoms with Gasteiger partial charge in [0, 0.05) is 18.0 Å². The number of likely N-dealkylation sites (N-methyl/N-ethyl adjacent to an activating group) is 1. The number of hydrogen-bond donors (Lipinski definition) is 2. The zero-order valence-electron chi connectivity index (χ0n) is 20.0. The fourth-order valence-electron chi connectivity index (χ4n) is 4.06. The van der Waals surface area contributed by atoms with Crippen LogP contribution in [0.1, 0.15) is 38.4 Å². The van der Waals surface area contributed by atoms with Gasteiger partial charge >= 0.3 is 6.03 Å². The van der Waals surface area contributed by atoms with Crippen LogP contribution in [0.4, 0.5) is 4.79 Å². The molecule has 4 rings (SSSR count). The van der Waals surface area contributed by atoms with Gasteiger partial charge in [0.2, 0.25) is 0 Å². The normalized spacial score (nSPS) is 19.4. The number of amides is 3. The first-order valence-corrected chi connectivity index (χ1v) is 11.5. The predicted octanol–water partition coefficient (Wildman–Crippen LogP) is 3.76. The predicted molar refractivity (Wildman–Crippen MR) is 133 cm³/mol. The molecule has 1 aromatic heterocycles. The van der Waals surface area contributed by atoms with Crippen molar-refractivity contribution in [3.8, 4) is 0 Å². The van der Waals surface area contributed by atoms with Gasteiger partial charge in [-0.2, -0.15) is 5.10 Å². The van der Waals surface area contributed by atoms with Crippen molar-refractivity contribution in [3.63, 3.8) is 0 Å². The van der Waals surface area contributed by atoms with Gasteiger partial charge in [-0.05, 0) is 51.3 Å². The number of carbonyl (C=O) groups is 3. The highest BCUT2D eigenvalue weighted by molar-refractivity contribution is 6.07. The van der Waals surface area contributed by atoms with E-state index in [-0.39, 0.29) is 6.54 Å². The van der Waals surface area contributed by atoms with Crippen molar-refractivity contribution >= 4 is 29.1 Å². The molecule has 1 aliphatic heterocycles. The molecular formula is C26H33N5O3. The minimum absolute atomic E-state index is 0.243. The summed E-state index contributed by atoms with van der Waals surface area (Å²) in [5, 5.41) is 10.2. The van der Waals surface area contributed by atoms with Crippen LogP contribution in [-0.2, 0) is 9.59 Å². The smallest absolute Gasteiger partial charge is 0.320 e. The SMILES string of the molecule is C=C/C=C(\C=C/C)CN(C)C(C)C1CC1.O=CCN1C(=O)NC(c2[nH]nc3ccccc23)C1=O. The standard InChI is InChI=1S/C14H23N.C12H10N4O3/c1-5-7-13(8-6-2)11-15(4)12(3)14-9-10-14;17-6-5-16-11(18)10(13-12(16)19)9-7-3-1-2-4-8(7)14-15-9/h5-8,12,14H,1,9-11H2,2-4H3;1-4,6,10H,5H2,(H,13,19)(H,14,15)/b8-6-,13-7+;. The van der Waals surface area contributed by atoms with E-state index in [4.69, 9.17) is 0 Å². The third kappa shape index (κ3) is 5.88. The van der Waals surface area contributed by atoms with Gasteiger partial charge in [-0.1, -0.05) is 49.1 Å². The number of urea groups is 1. The summed E-state index contributed by atoms with van der Waals surface area (Å²) in [5.41, 5.74) is 2.58. The molecule has 180 valence electrons. The molecule has 2 N–H and O–H groups in total. The number of benzene rings is 1. The quantitative estimate of drug-likeness (QED) is 0.335. The van der Waals surface area contributed by atoms with Gasteiger partial charge in [-0.15, -0.1) is 0 Å². The fraction of sp³-hybridized carbons (Fsp3) is 0.385. The Balaban J connectivity index is 0.000000197. The highest BCUT2D eigenvalue weighted by atomic mass is 16.2. The Labute approximate surface area is 200 Å². The molecule has 0 radical (unpaired) electrons. The molecule has 1 saturated heterocycles. The number of hydrogen-bond acceptors (Lipinski definition) is 5. The Morgan fingerprint density at radius 1 is 1.32 bits per heavy atom. The number of nitrogens with zero attached hydrogens (tertiary/aromatic N) is 3. The maximum Gasteiger partial charge on any atom is 0.325 e. The van der Waals surface area contributed by atoms with Gasteiger partial charge in [0.25, 0.3) is 5.91 Å². The number of H-pyrrole nitrogens is 1. The van der Waals surface area contributed by atoms with E-state index in [0.29, 0.717) is 23.5 Å². The highest BCUT2D eigenvalue weighted by Crippen LogP contribution is 2.34. The molecule has 2 atom stereocenters. The first-order valence-electron chi connectivity index (χ1n) is 11.5. The molecule has 2 heterocycles. The molecule has 0 bridgehead atoms. The van der Waals surface area contributed by atoms with Crippen molar-refractivity contribution in [1.82, 2.24) is 25.3 Å². The molecule has 0 spiro atoms. The molecule has 34 heavy (non-hydrogen) atoms. The van der Waals surface area contributed by atoms with E-state index >= 15 is 0 Å². The second-order valence-electron chi connectivity index (χ2n) is 8.62. The lowest BCUT2D eigenvalue weighted by Crippen LogP contribution is -2.32. The third-order valence-corrected chi connectivity index (χ3v) is 6.21. The van der Waals surface area contributed by atoms with E-state index in [1.54, 1.807) is 6.07 Å². The summed E-state index contributed by atoms with van der Waals surface area (Å²) in [5.74, 6) is 0.483. The minimum atomic E-state index is -0.820. The van der Waals surface area contributed by atoms with Gasteiger partial charge in [0.05, 0.1) is 17.8 Å². The first-order chi connectivity index (χ1) is 16.4. The third-order valence-electron chi connectivity index (χ3n) is 6.21. The molecule has 8 nitrogen and oxygen atoms in total. The number of para-hydroxylation sites is 1. The summed E-state index contributed by atoms with van der Waals surface area (Å²) in [6, 6.07) is 6.60. The van der Waals surface area contributed by atoms with Crippen LogP contribution in [0, 0.1) is 5.92 Å². The molecule has 2 aliphatic rings. The van der Waals surface area contributed by atoms with E-state index in [1.807, 2.05) is 24.3 Å². The lowest BCUT2D eigenvalue weighted by atomic mass is 10.1. The van der Waals surface area contributed by atoms with Gasteiger partial charge in [-0.25, -0.2) is 4.79 Å². The number of rotatable bonds is 9. The highest BCUT2D eigenvalue weighted by Gasteiger charge is 2.40. The average molecular weight is 464 g/mol. The van der Waals surface area contributed by atoms with Crippen LogP contribution < -0.4 is 5.32 Å². The summed E-state index contributed by atoms with van der Waals surface area (Å²) in [6.45, 7) is 8.92. The number of aromatic nitrogens is 2. The second kappa shape index (κ2) is 11.6. The molecule has 2 unspecified atom stereocenters. The van der Waals surface area contributed by atoms with Gasteiger partial charge in [0.1, 0.15) is 6.29 Å². The monoisotopic (exact) mass is 463 g/mol. The van der Waals surface area contributed by atoms with Gasteiger partial charge < -0.3 is 10.1 Å². The number of allylic oxidation sites excluding steroid dienone is 3. The van der Waals surface area contributed by atoms with Crippen molar-refractivity contribution < 1.29 is 14.4 Å². The van der Waals surface area contributed by atoms with Gasteiger partial charge in [0.15, 0.2) is 6.04 Å². The lowest BCUT2D eigenvalue weighted by molar-refractivity contribution is -0.129. The molecule has 8 heteroatoms. The average Bonchev–Trinajstić information content (AvgIpc) is 3.53. The van der Waals surface area contributed by atoms with Crippen LogP contribution in [0.3, 0.4) is 0 Å². The van der Waals surface area contributed by atoms with Crippen LogP contribution >= 0.6 is 0 Å². The summed E-state index contributed by atoms with van der Waals surface area (Å²) in [4.78, 5) is 37.5. The van der Waals surface area contributed by atoms with E-state index in [0.717, 1.165) is 22.7 Å². The summed E-state index contributed by atoms with van der Waals surface area (Å²) in [7, 11) is 2.21. The molecule has 2 fully saturated rings. The van der Waals surface area contributed by atoms with E-state index in [1.165, 1.54) is 18.4 Å². The van der Waals surface area contributed by atoms with E-state index in [9.17, 15) is 14.4 Å². The number of nitrogens with one attached hydrogen (secondary N) is 2. The van der Waals surface area contributed by atoms with E-state index in [2.05, 4.69) is 66.1 Å². The van der Waals surface area contributed by atoms with Gasteiger partial charge in [-0.3, -0.25) is 19.7 Å². The molecule has 2 aromatic rings. The largest absolute Gasteiger partial charge is 0.325 e. The van der Waals surface area contributed by atoms with Crippen LogP contribution in [0.5, 0.6) is 0 Å². The molecular weight excluding hydrogens is 430 g/mol. The summed E-state index contributed by atoms with van der Waals surface area (Å²) < 4.78 is 0. The Bertz CT molecular complexity index is 1100. The van der Waals surface area contributed by atoms with Crippen molar-refractivity contribution in [2.24, 2.45) is 5.92 Å². The number of imide groups is 1. The second-order valence-corrected chi connectivity index (χ2v) is 8.62. The number of aldehydes is 1. The molecule has 3 amide bonds. The maximum absolute atomic E-state index is 12.1. The van der Waals surface area contributed by atoms with Crippen molar-refractivity contribution in [1.29, 1.82) is 0 Å². The summed E-state index contributed by atoms with van der Waals surface area (Å²) in [6.07, 6.45) is 11.6.